The van der Waals surface area contributed by atoms with Gasteiger partial charge in [0.25, 0.3) is 0 Å². The average molecular weight is 650 g/mol. The highest BCUT2D eigenvalue weighted by Gasteiger charge is 2.16. The van der Waals surface area contributed by atoms with E-state index in [0.717, 1.165) is 5.69 Å². The number of hydrogen-bond donors (Lipinski definition) is 1. The smallest absolute Gasteiger partial charge is 0.0544 e. The molecule has 238 valence electrons. The van der Waals surface area contributed by atoms with Crippen molar-refractivity contribution < 1.29 is 0 Å². The van der Waals surface area contributed by atoms with Gasteiger partial charge in [0.05, 0.1) is 27.6 Å². The molecular formula is C48H31N3. The van der Waals surface area contributed by atoms with Crippen LogP contribution in [0.5, 0.6) is 0 Å². The van der Waals surface area contributed by atoms with Crippen molar-refractivity contribution in [3.05, 3.63) is 182 Å². The molecule has 3 aromatic heterocycles. The Hall–Kier alpha value is -6.84. The van der Waals surface area contributed by atoms with Gasteiger partial charge in [-0.15, -0.1) is 0 Å². The predicted octanol–water partition coefficient (Wildman–Crippen LogP) is 12.8. The Morgan fingerprint density at radius 3 is 1.53 bits per heavy atom. The molecule has 11 aromatic rings. The van der Waals surface area contributed by atoms with Crippen molar-refractivity contribution in [1.29, 1.82) is 0 Å². The average Bonchev–Trinajstić information content (AvgIpc) is 3.86. The van der Waals surface area contributed by atoms with Crippen LogP contribution in [-0.2, 0) is 0 Å². The summed E-state index contributed by atoms with van der Waals surface area (Å²) in [5, 5.41) is 7.54. The number of aromatic nitrogens is 3. The van der Waals surface area contributed by atoms with Crippen LogP contribution in [0.2, 0.25) is 0 Å². The summed E-state index contributed by atoms with van der Waals surface area (Å²) in [5.74, 6) is 0. The van der Waals surface area contributed by atoms with E-state index in [9.17, 15) is 0 Å². The summed E-state index contributed by atoms with van der Waals surface area (Å²) >= 11 is 0. The number of aromatic amines is 1. The van der Waals surface area contributed by atoms with E-state index < -0.39 is 0 Å². The molecule has 0 saturated heterocycles. The summed E-state index contributed by atoms with van der Waals surface area (Å²) in [5.41, 5.74) is 14.4. The van der Waals surface area contributed by atoms with E-state index in [1.807, 2.05) is 0 Å². The van der Waals surface area contributed by atoms with Gasteiger partial charge in [0, 0.05) is 54.8 Å². The molecule has 0 aliphatic carbocycles. The predicted molar refractivity (Wildman–Crippen MR) is 215 cm³/mol. The second kappa shape index (κ2) is 10.8. The van der Waals surface area contributed by atoms with Gasteiger partial charge >= 0.3 is 0 Å². The zero-order valence-corrected chi connectivity index (χ0v) is 27.7. The number of fused-ring (bicyclic) bond motifs is 9. The molecule has 0 saturated carbocycles. The molecule has 0 radical (unpaired) electrons. The van der Waals surface area contributed by atoms with Crippen LogP contribution in [-0.4, -0.2) is 14.1 Å². The molecule has 8 aromatic carbocycles. The maximum absolute atomic E-state index is 3.70. The lowest BCUT2D eigenvalue weighted by molar-refractivity contribution is 1.18. The Labute approximate surface area is 294 Å². The lowest BCUT2D eigenvalue weighted by atomic mass is 10.00. The molecule has 3 nitrogen and oxygen atoms in total. The maximum Gasteiger partial charge on any atom is 0.0544 e. The summed E-state index contributed by atoms with van der Waals surface area (Å²) < 4.78 is 4.77. The minimum atomic E-state index is 1.15. The Morgan fingerprint density at radius 1 is 0.314 bits per heavy atom. The largest absolute Gasteiger partial charge is 0.354 e. The monoisotopic (exact) mass is 649 g/mol. The minimum absolute atomic E-state index is 1.15. The highest BCUT2D eigenvalue weighted by Crippen LogP contribution is 2.39. The standard InChI is InChI=1S/C48H31N3/c1-2-11-34(12-3-1)50-44-19-8-5-14-38(44)41-29-32(23-27-46(41)50)31-21-25-35(26-22-31)51-45-20-9-6-15-39(45)42-30-33(24-28-47(42)51)36-16-10-17-40-37-13-4-7-18-43(37)49-48(36)40/h1-30,49H. The molecule has 0 spiro atoms. The third-order valence-corrected chi connectivity index (χ3v) is 10.7. The molecule has 0 atom stereocenters. The summed E-state index contributed by atoms with van der Waals surface area (Å²) in [6, 6.07) is 66.1. The number of benzene rings is 8. The second-order valence-corrected chi connectivity index (χ2v) is 13.5. The van der Waals surface area contributed by atoms with Crippen molar-refractivity contribution >= 4 is 65.4 Å². The fourth-order valence-electron chi connectivity index (χ4n) is 8.34. The molecule has 0 amide bonds. The van der Waals surface area contributed by atoms with Gasteiger partial charge in [0.2, 0.25) is 0 Å². The van der Waals surface area contributed by atoms with Crippen LogP contribution in [0.15, 0.2) is 182 Å². The van der Waals surface area contributed by atoms with E-state index >= 15 is 0 Å². The number of H-pyrrole nitrogens is 1. The number of para-hydroxylation sites is 5. The molecule has 3 heteroatoms. The molecular weight excluding hydrogens is 619 g/mol. The normalized spacial score (nSPS) is 11.9. The molecule has 3 heterocycles. The topological polar surface area (TPSA) is 25.6 Å². The molecule has 0 fully saturated rings. The van der Waals surface area contributed by atoms with Crippen molar-refractivity contribution in [1.82, 2.24) is 14.1 Å². The fraction of sp³-hybridized carbons (Fsp3) is 0. The number of nitrogens with zero attached hydrogens (tertiary/aromatic N) is 2. The second-order valence-electron chi connectivity index (χ2n) is 13.5. The summed E-state index contributed by atoms with van der Waals surface area (Å²) in [6.07, 6.45) is 0. The van der Waals surface area contributed by atoms with Crippen LogP contribution in [0.25, 0.3) is 99.0 Å². The summed E-state index contributed by atoms with van der Waals surface area (Å²) in [7, 11) is 0. The van der Waals surface area contributed by atoms with E-state index in [4.69, 9.17) is 0 Å². The van der Waals surface area contributed by atoms with Crippen LogP contribution in [0.1, 0.15) is 0 Å². The lowest BCUT2D eigenvalue weighted by Crippen LogP contribution is -1.94. The fourth-order valence-corrected chi connectivity index (χ4v) is 8.34. The zero-order chi connectivity index (χ0) is 33.5. The molecule has 51 heavy (non-hydrogen) atoms. The highest BCUT2D eigenvalue weighted by molar-refractivity contribution is 6.14. The first-order chi connectivity index (χ1) is 25.3. The van der Waals surface area contributed by atoms with Crippen molar-refractivity contribution in [3.8, 4) is 33.6 Å². The summed E-state index contributed by atoms with van der Waals surface area (Å²) in [6.45, 7) is 0. The molecule has 0 aliphatic rings. The third kappa shape index (κ3) is 4.19. The quantitative estimate of drug-likeness (QED) is 0.196. The SMILES string of the molecule is c1ccc(-n2c3ccccc3c3cc(-c4ccc(-n5c6ccccc6c6cc(-c7cccc8c7[nH]c7ccccc78)ccc65)cc4)ccc32)cc1. The number of hydrogen-bond acceptors (Lipinski definition) is 0. The minimum Gasteiger partial charge on any atom is -0.354 e. The van der Waals surface area contributed by atoms with Crippen molar-refractivity contribution in [3.63, 3.8) is 0 Å². The van der Waals surface area contributed by atoms with Crippen LogP contribution in [0.4, 0.5) is 0 Å². The van der Waals surface area contributed by atoms with Gasteiger partial charge in [-0.1, -0.05) is 115 Å². The Kier molecular flexibility index (Phi) is 5.96. The van der Waals surface area contributed by atoms with E-state index in [1.54, 1.807) is 0 Å². The molecule has 0 unspecified atom stereocenters. The highest BCUT2D eigenvalue weighted by atomic mass is 15.0. The van der Waals surface area contributed by atoms with Gasteiger partial charge in [0.15, 0.2) is 0 Å². The van der Waals surface area contributed by atoms with Gasteiger partial charge in [-0.2, -0.15) is 0 Å². The molecule has 0 bridgehead atoms. The Bertz CT molecular complexity index is 3120. The van der Waals surface area contributed by atoms with Gasteiger partial charge in [-0.05, 0) is 83.4 Å². The number of rotatable bonds is 4. The van der Waals surface area contributed by atoms with Crippen molar-refractivity contribution in [2.75, 3.05) is 0 Å². The van der Waals surface area contributed by atoms with Gasteiger partial charge < -0.3 is 14.1 Å². The van der Waals surface area contributed by atoms with E-state index in [-0.39, 0.29) is 0 Å². The number of nitrogens with one attached hydrogen (secondary N) is 1. The third-order valence-electron chi connectivity index (χ3n) is 10.7. The van der Waals surface area contributed by atoms with Gasteiger partial charge in [-0.25, -0.2) is 0 Å². The van der Waals surface area contributed by atoms with E-state index in [0.29, 0.717) is 0 Å². The maximum atomic E-state index is 3.70. The first-order valence-electron chi connectivity index (χ1n) is 17.5. The Morgan fingerprint density at radius 2 is 0.824 bits per heavy atom. The van der Waals surface area contributed by atoms with E-state index in [2.05, 4.69) is 196 Å². The lowest BCUT2D eigenvalue weighted by Gasteiger charge is -2.11. The van der Waals surface area contributed by atoms with Crippen LogP contribution < -0.4 is 0 Å². The summed E-state index contributed by atoms with van der Waals surface area (Å²) in [4.78, 5) is 3.70. The molecule has 11 rings (SSSR count). The molecule has 0 aliphatic heterocycles. The van der Waals surface area contributed by atoms with Gasteiger partial charge in [-0.3, -0.25) is 0 Å². The first kappa shape index (κ1) is 28.0. The van der Waals surface area contributed by atoms with Crippen LogP contribution in [0.3, 0.4) is 0 Å². The van der Waals surface area contributed by atoms with Crippen LogP contribution in [0, 0.1) is 0 Å². The molecule has 1 N–H and O–H groups in total. The van der Waals surface area contributed by atoms with Crippen LogP contribution >= 0.6 is 0 Å². The Balaban J connectivity index is 1.02. The van der Waals surface area contributed by atoms with Crippen molar-refractivity contribution in [2.24, 2.45) is 0 Å². The van der Waals surface area contributed by atoms with E-state index in [1.165, 1.54) is 93.4 Å². The zero-order valence-electron chi connectivity index (χ0n) is 27.7. The van der Waals surface area contributed by atoms with Gasteiger partial charge in [0.1, 0.15) is 0 Å². The van der Waals surface area contributed by atoms with Crippen molar-refractivity contribution in [2.45, 2.75) is 0 Å². The first-order valence-corrected chi connectivity index (χ1v) is 17.5.